The van der Waals surface area contributed by atoms with Gasteiger partial charge in [-0.25, -0.2) is 5.43 Å². The first-order chi connectivity index (χ1) is 15.9. The lowest BCUT2D eigenvalue weighted by atomic mass is 10.1. The first kappa shape index (κ1) is 23.2. The molecule has 2 N–H and O–H groups in total. The van der Waals surface area contributed by atoms with E-state index in [4.69, 9.17) is 10.00 Å². The third kappa shape index (κ3) is 7.04. The minimum absolute atomic E-state index is 0.280. The zero-order valence-corrected chi connectivity index (χ0v) is 18.5. The van der Waals surface area contributed by atoms with E-state index in [1.54, 1.807) is 31.2 Å². The van der Waals surface area contributed by atoms with Crippen LogP contribution >= 0.6 is 0 Å². The SMILES string of the molecule is C/C(=N\NC(=O)C(=O)Nc1ccc(CC#N)cc1)c1ccc(OCc2ccc(C)cc2)cc1. The number of nitriles is 1. The van der Waals surface area contributed by atoms with E-state index in [-0.39, 0.29) is 6.42 Å². The molecule has 166 valence electrons. The summed E-state index contributed by atoms with van der Waals surface area (Å²) < 4.78 is 5.80. The molecule has 7 nitrogen and oxygen atoms in total. The molecular weight excluding hydrogens is 416 g/mol. The van der Waals surface area contributed by atoms with Crippen LogP contribution in [0, 0.1) is 18.3 Å². The fourth-order valence-electron chi connectivity index (χ4n) is 2.88. The average molecular weight is 441 g/mol. The normalized spacial score (nSPS) is 10.8. The Hall–Kier alpha value is -4.44. The Morgan fingerprint density at radius 1 is 0.909 bits per heavy atom. The molecule has 3 aromatic rings. The molecule has 33 heavy (non-hydrogen) atoms. The minimum atomic E-state index is -0.881. The summed E-state index contributed by atoms with van der Waals surface area (Å²) in [7, 11) is 0. The summed E-state index contributed by atoms with van der Waals surface area (Å²) in [4.78, 5) is 24.1. The number of hydrazone groups is 1. The van der Waals surface area contributed by atoms with Gasteiger partial charge in [-0.1, -0.05) is 42.0 Å². The molecule has 0 heterocycles. The van der Waals surface area contributed by atoms with Crippen molar-refractivity contribution in [1.29, 1.82) is 5.26 Å². The molecule has 0 atom stereocenters. The predicted octanol–water partition coefficient (Wildman–Crippen LogP) is 4.12. The lowest BCUT2D eigenvalue weighted by Gasteiger charge is -2.08. The van der Waals surface area contributed by atoms with E-state index >= 15 is 0 Å². The third-order valence-electron chi connectivity index (χ3n) is 4.82. The van der Waals surface area contributed by atoms with Gasteiger partial charge in [0, 0.05) is 5.69 Å². The summed E-state index contributed by atoms with van der Waals surface area (Å²) in [6.45, 7) is 4.24. The second kappa shape index (κ2) is 11.3. The lowest BCUT2D eigenvalue weighted by molar-refractivity contribution is -0.136. The van der Waals surface area contributed by atoms with Gasteiger partial charge in [0.1, 0.15) is 12.4 Å². The largest absolute Gasteiger partial charge is 0.489 e. The maximum atomic E-state index is 12.1. The van der Waals surface area contributed by atoms with Gasteiger partial charge in [0.15, 0.2) is 0 Å². The smallest absolute Gasteiger partial charge is 0.329 e. The van der Waals surface area contributed by atoms with E-state index < -0.39 is 11.8 Å². The van der Waals surface area contributed by atoms with Crippen LogP contribution in [0.15, 0.2) is 77.9 Å². The molecular formula is C26H24N4O3. The molecule has 0 aliphatic rings. The molecule has 0 saturated carbocycles. The number of nitrogens with zero attached hydrogens (tertiary/aromatic N) is 2. The topological polar surface area (TPSA) is 104 Å². The zero-order valence-electron chi connectivity index (χ0n) is 18.5. The quantitative estimate of drug-likeness (QED) is 0.328. The number of hydrogen-bond acceptors (Lipinski definition) is 5. The second-order valence-corrected chi connectivity index (χ2v) is 7.42. The summed E-state index contributed by atoms with van der Waals surface area (Å²) in [5.74, 6) is -0.996. The lowest BCUT2D eigenvalue weighted by Crippen LogP contribution is -2.32. The van der Waals surface area contributed by atoms with Crippen LogP contribution in [0.3, 0.4) is 0 Å². The fraction of sp³-hybridized carbons (Fsp3) is 0.154. The van der Waals surface area contributed by atoms with Crippen LogP contribution in [0.25, 0.3) is 0 Å². The second-order valence-electron chi connectivity index (χ2n) is 7.42. The highest BCUT2D eigenvalue weighted by molar-refractivity contribution is 6.39. The van der Waals surface area contributed by atoms with Crippen molar-refractivity contribution in [2.45, 2.75) is 26.9 Å². The van der Waals surface area contributed by atoms with Gasteiger partial charge < -0.3 is 10.1 Å². The highest BCUT2D eigenvalue weighted by Crippen LogP contribution is 2.15. The average Bonchev–Trinajstić information content (AvgIpc) is 2.83. The van der Waals surface area contributed by atoms with Gasteiger partial charge in [-0.3, -0.25) is 9.59 Å². The van der Waals surface area contributed by atoms with Crippen molar-refractivity contribution in [2.24, 2.45) is 5.10 Å². The van der Waals surface area contributed by atoms with Crippen LogP contribution in [-0.4, -0.2) is 17.5 Å². The van der Waals surface area contributed by atoms with Gasteiger partial charge in [-0.2, -0.15) is 10.4 Å². The van der Waals surface area contributed by atoms with Gasteiger partial charge >= 0.3 is 11.8 Å². The van der Waals surface area contributed by atoms with Gasteiger partial charge in [-0.15, -0.1) is 0 Å². The third-order valence-corrected chi connectivity index (χ3v) is 4.82. The number of carbonyl (C=O) groups excluding carboxylic acids is 2. The fourth-order valence-corrected chi connectivity index (χ4v) is 2.88. The minimum Gasteiger partial charge on any atom is -0.489 e. The molecule has 0 unspecified atom stereocenters. The number of nitrogens with one attached hydrogen (secondary N) is 2. The number of anilines is 1. The molecule has 7 heteroatoms. The molecule has 0 aliphatic heterocycles. The van der Waals surface area contributed by atoms with E-state index in [0.29, 0.717) is 18.0 Å². The number of aryl methyl sites for hydroxylation is 1. The first-order valence-electron chi connectivity index (χ1n) is 10.3. The van der Waals surface area contributed by atoms with Gasteiger partial charge in [0.2, 0.25) is 0 Å². The number of amides is 2. The van der Waals surface area contributed by atoms with Crippen molar-refractivity contribution < 1.29 is 14.3 Å². The Bertz CT molecular complexity index is 1180. The van der Waals surface area contributed by atoms with E-state index in [1.807, 2.05) is 61.5 Å². The van der Waals surface area contributed by atoms with E-state index in [9.17, 15) is 9.59 Å². The Balaban J connectivity index is 1.50. The Kier molecular flexibility index (Phi) is 7.92. The molecule has 3 aromatic carbocycles. The summed E-state index contributed by atoms with van der Waals surface area (Å²) in [5, 5.41) is 15.2. The van der Waals surface area contributed by atoms with E-state index in [1.165, 1.54) is 5.56 Å². The number of ether oxygens (including phenoxy) is 1. The molecule has 2 amide bonds. The summed E-state index contributed by atoms with van der Waals surface area (Å²) in [5.41, 5.74) is 7.16. The highest BCUT2D eigenvalue weighted by atomic mass is 16.5. The summed E-state index contributed by atoms with van der Waals surface area (Å²) in [6, 6.07) is 24.2. The standard InChI is InChI=1S/C26H24N4O3/c1-18-3-5-21(6-4-18)17-33-24-13-9-22(10-14-24)19(2)29-30-26(32)25(31)28-23-11-7-20(8-12-23)15-16-27/h3-14H,15,17H2,1-2H3,(H,28,31)(H,30,32)/b29-19+. The molecule has 0 radical (unpaired) electrons. The molecule has 0 fully saturated rings. The zero-order chi connectivity index (χ0) is 23.6. The van der Waals surface area contributed by atoms with E-state index in [0.717, 1.165) is 22.4 Å². The maximum absolute atomic E-state index is 12.1. The van der Waals surface area contributed by atoms with Crippen LogP contribution in [0.2, 0.25) is 0 Å². The number of benzene rings is 3. The Morgan fingerprint density at radius 3 is 2.18 bits per heavy atom. The van der Waals surface area contributed by atoms with Crippen molar-refractivity contribution in [1.82, 2.24) is 5.43 Å². The monoisotopic (exact) mass is 440 g/mol. The van der Waals surface area contributed by atoms with Gasteiger partial charge in [0.25, 0.3) is 0 Å². The molecule has 0 aromatic heterocycles. The predicted molar refractivity (Wildman–Crippen MR) is 127 cm³/mol. The Morgan fingerprint density at radius 2 is 1.55 bits per heavy atom. The van der Waals surface area contributed by atoms with Crippen molar-refractivity contribution in [3.05, 3.63) is 95.1 Å². The molecule has 3 rings (SSSR count). The van der Waals surface area contributed by atoms with Gasteiger partial charge in [0.05, 0.1) is 18.2 Å². The maximum Gasteiger partial charge on any atom is 0.329 e. The summed E-state index contributed by atoms with van der Waals surface area (Å²) in [6.07, 6.45) is 0.280. The molecule has 0 saturated heterocycles. The number of rotatable bonds is 7. The van der Waals surface area contributed by atoms with E-state index in [2.05, 4.69) is 15.8 Å². The van der Waals surface area contributed by atoms with Crippen LogP contribution in [0.5, 0.6) is 5.75 Å². The van der Waals surface area contributed by atoms with Crippen LogP contribution in [0.1, 0.15) is 29.2 Å². The van der Waals surface area contributed by atoms with Crippen LogP contribution < -0.4 is 15.5 Å². The first-order valence-corrected chi connectivity index (χ1v) is 10.3. The highest BCUT2D eigenvalue weighted by Gasteiger charge is 2.13. The Labute approximate surface area is 192 Å². The molecule has 0 spiro atoms. The van der Waals surface area contributed by atoms with Crippen molar-refractivity contribution in [3.8, 4) is 11.8 Å². The molecule has 0 aliphatic carbocycles. The van der Waals surface area contributed by atoms with Crippen molar-refractivity contribution >= 4 is 23.2 Å². The van der Waals surface area contributed by atoms with Crippen molar-refractivity contribution in [2.75, 3.05) is 5.32 Å². The number of carbonyl (C=O) groups is 2. The summed E-state index contributed by atoms with van der Waals surface area (Å²) >= 11 is 0. The van der Waals surface area contributed by atoms with Crippen LogP contribution in [0.4, 0.5) is 5.69 Å². The van der Waals surface area contributed by atoms with Gasteiger partial charge in [-0.05, 0) is 66.9 Å². The number of hydrogen-bond donors (Lipinski definition) is 2. The van der Waals surface area contributed by atoms with Crippen LogP contribution in [-0.2, 0) is 22.6 Å². The molecule has 0 bridgehead atoms. The van der Waals surface area contributed by atoms with Crippen molar-refractivity contribution in [3.63, 3.8) is 0 Å².